The van der Waals surface area contributed by atoms with E-state index >= 15 is 0 Å². The van der Waals surface area contributed by atoms with Crippen LogP contribution in [0.3, 0.4) is 0 Å². The molecule has 0 saturated heterocycles. The molecule has 0 radical (unpaired) electrons. The first kappa shape index (κ1) is 49.3. The molecule has 0 N–H and O–H groups in total. The summed E-state index contributed by atoms with van der Waals surface area (Å²) in [4.78, 5) is 2.54. The van der Waals surface area contributed by atoms with Gasteiger partial charge in [-0.15, -0.1) is 0 Å². The van der Waals surface area contributed by atoms with Crippen LogP contribution in [0.15, 0.2) is 264 Å². The molecule has 6 aliphatic carbocycles. The summed E-state index contributed by atoms with van der Waals surface area (Å²) >= 11 is 0. The van der Waals surface area contributed by atoms with Crippen LogP contribution >= 0.6 is 0 Å². The normalized spacial score (nSPS) is 15.7. The molecule has 422 valence electrons. The van der Waals surface area contributed by atoms with Gasteiger partial charge in [-0.25, -0.2) is 0 Å². The standard InChI is InChI=1S/C87H57NO2/c1-48-34-36-49(37-35-48)88(50-39-41-58-69(44-50)85(4,5)81-78(58)79-60-26-12-19-33-74(60)90-83(79)80-57-24-10-13-27-63(57)84(2,3)82(80)81)51-38-40-56-61-46-72-62(47-71(61)87(70(56)45-51)66-30-16-8-22-54(66)55-23-9-17-31-67(55)87)76-68(42-43-75-77(76)59-25-11-18-32-73(59)89-75)86(72)64-28-14-6-20-52(64)53-21-7-15-29-65(53)86/h6-47H,1-5H3. The SMILES string of the molecule is Cc1ccc(N(c2ccc3c(c2)C(C)(C)c2c4c(c5oc6ccccc6c5c2-3)-c2ccccc2C4(C)C)c2ccc3c(c2)C2(c4ccccc4-c4ccccc42)c2cc4c(cc2-3)C2(c3ccccc3-c3ccccc32)c2ccc3oc5ccccc5c3c2-4)cc1. The first-order chi connectivity index (χ1) is 44.1. The van der Waals surface area contributed by atoms with Crippen LogP contribution in [0.5, 0.6) is 0 Å². The number of furan rings is 2. The van der Waals surface area contributed by atoms with Crippen LogP contribution in [0, 0.1) is 6.92 Å². The highest BCUT2D eigenvalue weighted by Crippen LogP contribution is 2.70. The fourth-order valence-electron chi connectivity index (χ4n) is 19.0. The minimum atomic E-state index is -0.666. The molecule has 15 aromatic rings. The zero-order chi connectivity index (χ0) is 59.5. The molecule has 0 saturated carbocycles. The van der Waals surface area contributed by atoms with Gasteiger partial charge in [-0.2, -0.15) is 0 Å². The van der Waals surface area contributed by atoms with Crippen LogP contribution < -0.4 is 4.90 Å². The average molecular weight is 1150 g/mol. The van der Waals surface area contributed by atoms with Gasteiger partial charge in [0.15, 0.2) is 0 Å². The van der Waals surface area contributed by atoms with E-state index in [2.05, 4.69) is 294 Å². The van der Waals surface area contributed by atoms with Gasteiger partial charge in [0, 0.05) is 55.0 Å². The smallest absolute Gasteiger partial charge is 0.144 e. The molecule has 2 spiro atoms. The third kappa shape index (κ3) is 5.60. The number of hydrogen-bond donors (Lipinski definition) is 0. The van der Waals surface area contributed by atoms with E-state index in [9.17, 15) is 0 Å². The molecule has 0 fully saturated rings. The van der Waals surface area contributed by atoms with Crippen molar-refractivity contribution < 1.29 is 8.83 Å². The van der Waals surface area contributed by atoms with Gasteiger partial charge < -0.3 is 13.7 Å². The third-order valence-corrected chi connectivity index (χ3v) is 22.5. The van der Waals surface area contributed by atoms with Crippen molar-refractivity contribution in [3.63, 3.8) is 0 Å². The molecule has 0 aliphatic heterocycles. The minimum absolute atomic E-state index is 0.259. The van der Waals surface area contributed by atoms with Crippen molar-refractivity contribution >= 4 is 60.9 Å². The second-order valence-electron chi connectivity index (χ2n) is 27.3. The maximum atomic E-state index is 7.09. The Kier molecular flexibility index (Phi) is 9.03. The van der Waals surface area contributed by atoms with E-state index in [0.29, 0.717) is 0 Å². The molecule has 21 rings (SSSR count). The fraction of sp³-hybridized carbons (Fsp3) is 0.103. The lowest BCUT2D eigenvalue weighted by Crippen LogP contribution is -2.27. The van der Waals surface area contributed by atoms with Crippen molar-refractivity contribution in [2.75, 3.05) is 4.90 Å². The molecule has 90 heavy (non-hydrogen) atoms. The molecule has 2 heterocycles. The topological polar surface area (TPSA) is 29.5 Å². The van der Waals surface area contributed by atoms with E-state index in [4.69, 9.17) is 8.83 Å². The van der Waals surface area contributed by atoms with Crippen LogP contribution in [-0.4, -0.2) is 0 Å². The van der Waals surface area contributed by atoms with Crippen molar-refractivity contribution in [3.05, 3.63) is 327 Å². The zero-order valence-corrected chi connectivity index (χ0v) is 50.5. The number of aryl methyl sites for hydroxylation is 1. The van der Waals surface area contributed by atoms with Crippen LogP contribution in [-0.2, 0) is 21.7 Å². The molecule has 2 aromatic heterocycles. The average Bonchev–Trinajstić information content (AvgIpc) is 1.50. The summed E-state index contributed by atoms with van der Waals surface area (Å²) < 4.78 is 13.9. The number of fused-ring (bicyclic) bond motifs is 36. The number of rotatable bonds is 3. The third-order valence-electron chi connectivity index (χ3n) is 22.5. The van der Waals surface area contributed by atoms with Gasteiger partial charge in [0.1, 0.15) is 22.3 Å². The van der Waals surface area contributed by atoms with Crippen molar-refractivity contribution in [1.82, 2.24) is 0 Å². The molecule has 3 nitrogen and oxygen atoms in total. The van der Waals surface area contributed by atoms with Crippen LogP contribution in [0.4, 0.5) is 17.1 Å². The summed E-state index contributed by atoms with van der Waals surface area (Å²) in [6, 6.07) is 97.1. The first-order valence-corrected chi connectivity index (χ1v) is 31.9. The molecular formula is C87H57NO2. The molecule has 0 unspecified atom stereocenters. The van der Waals surface area contributed by atoms with Crippen LogP contribution in [0.25, 0.3) is 111 Å². The van der Waals surface area contributed by atoms with Gasteiger partial charge in [-0.1, -0.05) is 221 Å². The lowest BCUT2D eigenvalue weighted by molar-refractivity contribution is 0.600. The lowest BCUT2D eigenvalue weighted by atomic mass is 9.68. The lowest BCUT2D eigenvalue weighted by Gasteiger charge is -2.33. The Hall–Kier alpha value is -10.7. The Morgan fingerprint density at radius 2 is 0.711 bits per heavy atom. The number of nitrogens with zero attached hydrogens (tertiary/aromatic N) is 1. The Morgan fingerprint density at radius 1 is 0.278 bits per heavy atom. The van der Waals surface area contributed by atoms with Gasteiger partial charge in [0.05, 0.1) is 10.8 Å². The highest BCUT2D eigenvalue weighted by Gasteiger charge is 2.57. The number of benzene rings is 13. The Bertz CT molecular complexity index is 5730. The Morgan fingerprint density at radius 3 is 1.34 bits per heavy atom. The summed E-state index contributed by atoms with van der Waals surface area (Å²) in [5.41, 5.74) is 37.7. The summed E-state index contributed by atoms with van der Waals surface area (Å²) in [5.74, 6) is 0. The number of para-hydroxylation sites is 2. The largest absolute Gasteiger partial charge is 0.456 e. The molecule has 13 aromatic carbocycles. The Labute approximate surface area is 521 Å². The summed E-state index contributed by atoms with van der Waals surface area (Å²) in [7, 11) is 0. The molecule has 0 atom stereocenters. The monoisotopic (exact) mass is 1150 g/mol. The molecule has 0 bridgehead atoms. The van der Waals surface area contributed by atoms with Gasteiger partial charge in [0.25, 0.3) is 0 Å². The summed E-state index contributed by atoms with van der Waals surface area (Å²) in [6.07, 6.45) is 0. The van der Waals surface area contributed by atoms with Crippen molar-refractivity contribution in [3.8, 4) is 66.8 Å². The predicted octanol–water partition coefficient (Wildman–Crippen LogP) is 22.6. The predicted molar refractivity (Wildman–Crippen MR) is 368 cm³/mol. The van der Waals surface area contributed by atoms with E-state index < -0.39 is 10.8 Å². The quantitative estimate of drug-likeness (QED) is 0.177. The van der Waals surface area contributed by atoms with E-state index in [1.165, 1.54) is 150 Å². The maximum Gasteiger partial charge on any atom is 0.144 e. The van der Waals surface area contributed by atoms with E-state index in [1.807, 2.05) is 0 Å². The summed E-state index contributed by atoms with van der Waals surface area (Å²) in [6.45, 7) is 12.0. The van der Waals surface area contributed by atoms with Crippen molar-refractivity contribution in [2.24, 2.45) is 0 Å². The second-order valence-corrected chi connectivity index (χ2v) is 27.3. The van der Waals surface area contributed by atoms with E-state index in [0.717, 1.165) is 50.2 Å². The van der Waals surface area contributed by atoms with Crippen molar-refractivity contribution in [2.45, 2.75) is 56.3 Å². The van der Waals surface area contributed by atoms with Crippen LogP contribution in [0.1, 0.15) is 100 Å². The Balaban J connectivity index is 0.834. The fourth-order valence-corrected chi connectivity index (χ4v) is 19.0. The van der Waals surface area contributed by atoms with Gasteiger partial charge >= 0.3 is 0 Å². The minimum Gasteiger partial charge on any atom is -0.456 e. The number of anilines is 3. The first-order valence-electron chi connectivity index (χ1n) is 31.9. The summed E-state index contributed by atoms with van der Waals surface area (Å²) in [5, 5.41) is 4.70. The molecular weight excluding hydrogens is 1090 g/mol. The highest BCUT2D eigenvalue weighted by molar-refractivity contribution is 6.21. The van der Waals surface area contributed by atoms with Gasteiger partial charge in [-0.3, -0.25) is 0 Å². The van der Waals surface area contributed by atoms with Crippen LogP contribution in [0.2, 0.25) is 0 Å². The zero-order valence-electron chi connectivity index (χ0n) is 50.5. The molecule has 0 amide bonds. The van der Waals surface area contributed by atoms with E-state index in [-0.39, 0.29) is 10.8 Å². The second kappa shape index (κ2) is 16.5. The molecule has 6 aliphatic rings. The van der Waals surface area contributed by atoms with Gasteiger partial charge in [0.2, 0.25) is 0 Å². The number of hydrogen-bond acceptors (Lipinski definition) is 3. The van der Waals surface area contributed by atoms with Crippen molar-refractivity contribution in [1.29, 1.82) is 0 Å². The molecule has 3 heteroatoms. The van der Waals surface area contributed by atoms with Gasteiger partial charge in [-0.05, 0) is 202 Å². The maximum absolute atomic E-state index is 7.09. The van der Waals surface area contributed by atoms with E-state index in [1.54, 1.807) is 0 Å². The highest BCUT2D eigenvalue weighted by atomic mass is 16.3.